The molecule has 0 fully saturated rings. The lowest BCUT2D eigenvalue weighted by Crippen LogP contribution is -2.12. The minimum Gasteiger partial charge on any atom is -0.383 e. The van der Waals surface area contributed by atoms with Crippen molar-refractivity contribution in [2.24, 2.45) is 20.7 Å². The molecule has 1 aromatic heterocycles. The number of fused-ring (bicyclic) bond motifs is 4. The zero-order valence-corrected chi connectivity index (χ0v) is 34.4. The zero-order chi connectivity index (χ0) is 40.5. The Labute approximate surface area is 350 Å². The van der Waals surface area contributed by atoms with Crippen LogP contribution in [0.5, 0.6) is 0 Å². The summed E-state index contributed by atoms with van der Waals surface area (Å²) in [6.07, 6.45) is 1.62. The average Bonchev–Trinajstić information content (AvgIpc) is 3.81. The Balaban J connectivity index is 1.12. The van der Waals surface area contributed by atoms with E-state index in [1.54, 1.807) is 11.3 Å². The van der Waals surface area contributed by atoms with Gasteiger partial charge in [0.05, 0.1) is 11.4 Å². The van der Waals surface area contributed by atoms with E-state index in [9.17, 15) is 0 Å². The molecule has 4 nitrogen and oxygen atoms in total. The van der Waals surface area contributed by atoms with Gasteiger partial charge in [-0.25, -0.2) is 15.0 Å². The summed E-state index contributed by atoms with van der Waals surface area (Å²) in [5, 5.41) is 1.12. The quantitative estimate of drug-likeness (QED) is 0.115. The van der Waals surface area contributed by atoms with Crippen LogP contribution in [0, 0.1) is 13.8 Å². The Morgan fingerprint density at radius 1 is 0.644 bits per heavy atom. The molecule has 5 heteroatoms. The first-order valence-corrected chi connectivity index (χ1v) is 20.8. The SMILES string of the molecule is C=C(N=C(N=C(C)c1cccc2c1-c1cc(Cc3sc4ccccc4c3N=C(N)c3ccccc3)ccc1C2)c1cccc(-c2ccccc2C)c1C)c1ccccc1. The molecule has 0 radical (unpaired) electrons. The number of thiophene rings is 1. The van der Waals surface area contributed by atoms with Gasteiger partial charge in [0.1, 0.15) is 5.84 Å². The van der Waals surface area contributed by atoms with Crippen molar-refractivity contribution >= 4 is 50.2 Å². The predicted molar refractivity (Wildman–Crippen MR) is 252 cm³/mol. The number of aliphatic imine (C=N–C) groups is 3. The lowest BCUT2D eigenvalue weighted by Gasteiger charge is -2.15. The van der Waals surface area contributed by atoms with Gasteiger partial charge in [-0.1, -0.05) is 164 Å². The number of benzene rings is 7. The van der Waals surface area contributed by atoms with E-state index in [1.807, 2.05) is 60.7 Å². The van der Waals surface area contributed by atoms with E-state index in [1.165, 1.54) is 54.1 Å². The minimum atomic E-state index is 0.519. The Kier molecular flexibility index (Phi) is 10.3. The van der Waals surface area contributed by atoms with Crippen molar-refractivity contribution in [1.29, 1.82) is 0 Å². The molecule has 1 aliphatic carbocycles. The highest BCUT2D eigenvalue weighted by atomic mass is 32.1. The summed E-state index contributed by atoms with van der Waals surface area (Å²) in [5.74, 6) is 1.16. The summed E-state index contributed by atoms with van der Waals surface area (Å²) in [6.45, 7) is 10.8. The van der Waals surface area contributed by atoms with Crippen LogP contribution in [0.3, 0.4) is 0 Å². The third-order valence-corrected chi connectivity index (χ3v) is 12.5. The zero-order valence-electron chi connectivity index (χ0n) is 33.5. The first-order chi connectivity index (χ1) is 28.8. The highest BCUT2D eigenvalue weighted by Crippen LogP contribution is 2.43. The van der Waals surface area contributed by atoms with Gasteiger partial charge in [-0.2, -0.15) is 0 Å². The van der Waals surface area contributed by atoms with Gasteiger partial charge in [0.15, 0.2) is 5.84 Å². The van der Waals surface area contributed by atoms with Crippen molar-refractivity contribution in [3.8, 4) is 22.3 Å². The van der Waals surface area contributed by atoms with Gasteiger partial charge in [0.25, 0.3) is 0 Å². The number of hydrogen-bond acceptors (Lipinski definition) is 3. The predicted octanol–water partition coefficient (Wildman–Crippen LogP) is 13.3. The molecule has 0 saturated heterocycles. The van der Waals surface area contributed by atoms with E-state index in [0.29, 0.717) is 17.4 Å². The highest BCUT2D eigenvalue weighted by molar-refractivity contribution is 7.19. The number of hydrogen-bond donors (Lipinski definition) is 1. The molecule has 0 bridgehead atoms. The molecule has 0 saturated carbocycles. The van der Waals surface area contributed by atoms with Crippen LogP contribution in [0.15, 0.2) is 185 Å². The summed E-state index contributed by atoms with van der Waals surface area (Å²) in [6, 6.07) is 57.1. The molecule has 0 spiro atoms. The standard InChI is InChI=1S/C54H44N4S/c1-34-17-11-12-23-43(34)44-25-16-26-45(35(44)2)54(56-36(3)39-18-7-5-8-19-39)57-37(4)46-27-15-22-42-33-41-30-29-38(31-48(41)51(42)46)32-50-52(47-24-13-14-28-49(47)59-50)58-53(55)40-20-9-6-10-21-40/h5-31H,3,32-33H2,1-2,4H3,(H2,55,58). The number of rotatable bonds is 9. The van der Waals surface area contributed by atoms with Gasteiger partial charge in [0, 0.05) is 43.8 Å². The fraction of sp³-hybridized carbons (Fsp3) is 0.0926. The van der Waals surface area contributed by atoms with E-state index in [2.05, 4.69) is 130 Å². The number of nitrogens with two attached hydrogens (primary N) is 1. The van der Waals surface area contributed by atoms with Crippen LogP contribution in [-0.4, -0.2) is 17.4 Å². The van der Waals surface area contributed by atoms with Crippen LogP contribution < -0.4 is 5.73 Å². The average molecular weight is 781 g/mol. The summed E-state index contributed by atoms with van der Waals surface area (Å²) in [5.41, 5.74) is 24.2. The molecular weight excluding hydrogens is 737 g/mol. The Morgan fingerprint density at radius 3 is 2.12 bits per heavy atom. The van der Waals surface area contributed by atoms with Crippen molar-refractivity contribution in [2.45, 2.75) is 33.6 Å². The second-order valence-electron chi connectivity index (χ2n) is 15.2. The van der Waals surface area contributed by atoms with Gasteiger partial charge >= 0.3 is 0 Å². The first kappa shape index (κ1) is 37.6. The fourth-order valence-corrected chi connectivity index (χ4v) is 9.41. The monoisotopic (exact) mass is 780 g/mol. The molecule has 0 unspecified atom stereocenters. The second-order valence-corrected chi connectivity index (χ2v) is 16.3. The van der Waals surface area contributed by atoms with Gasteiger partial charge in [-0.15, -0.1) is 11.3 Å². The van der Waals surface area contributed by atoms with E-state index in [-0.39, 0.29) is 0 Å². The number of aryl methyl sites for hydroxylation is 1. The van der Waals surface area contributed by atoms with Crippen LogP contribution in [0.2, 0.25) is 0 Å². The van der Waals surface area contributed by atoms with Crippen molar-refractivity contribution in [3.05, 3.63) is 225 Å². The Morgan fingerprint density at radius 2 is 1.32 bits per heavy atom. The Bertz CT molecular complexity index is 2990. The van der Waals surface area contributed by atoms with Gasteiger partial charge in [-0.05, 0) is 88.9 Å². The molecular formula is C54H44N4S. The van der Waals surface area contributed by atoms with E-state index in [0.717, 1.165) is 57.4 Å². The summed E-state index contributed by atoms with van der Waals surface area (Å²) >= 11 is 1.79. The van der Waals surface area contributed by atoms with Gasteiger partial charge in [-0.3, -0.25) is 0 Å². The van der Waals surface area contributed by atoms with Crippen LogP contribution >= 0.6 is 11.3 Å². The maximum absolute atomic E-state index is 6.62. The Hall–Kier alpha value is -6.95. The molecule has 1 heterocycles. The topological polar surface area (TPSA) is 63.1 Å². The molecule has 0 atom stereocenters. The molecule has 0 amide bonds. The number of amidine groups is 2. The maximum Gasteiger partial charge on any atom is 0.160 e. The highest BCUT2D eigenvalue weighted by Gasteiger charge is 2.24. The van der Waals surface area contributed by atoms with Crippen molar-refractivity contribution in [3.63, 3.8) is 0 Å². The van der Waals surface area contributed by atoms with E-state index in [4.69, 9.17) is 20.7 Å². The molecule has 8 aromatic rings. The van der Waals surface area contributed by atoms with Gasteiger partial charge < -0.3 is 5.73 Å². The molecule has 9 rings (SSSR count). The summed E-state index contributed by atoms with van der Waals surface area (Å²) < 4.78 is 1.20. The largest absolute Gasteiger partial charge is 0.383 e. The summed E-state index contributed by atoms with van der Waals surface area (Å²) in [4.78, 5) is 16.8. The smallest absolute Gasteiger partial charge is 0.160 e. The normalized spacial score (nSPS) is 12.8. The van der Waals surface area contributed by atoms with Crippen LogP contribution in [0.1, 0.15) is 61.9 Å². The molecule has 2 N–H and O–H groups in total. The van der Waals surface area contributed by atoms with Crippen molar-refractivity contribution in [2.75, 3.05) is 0 Å². The molecule has 59 heavy (non-hydrogen) atoms. The molecule has 1 aliphatic rings. The second kappa shape index (κ2) is 16.1. The lowest BCUT2D eigenvalue weighted by atomic mass is 9.93. The van der Waals surface area contributed by atoms with Crippen LogP contribution in [0.25, 0.3) is 38.0 Å². The molecule has 7 aromatic carbocycles. The molecule has 286 valence electrons. The van der Waals surface area contributed by atoms with E-state index >= 15 is 0 Å². The van der Waals surface area contributed by atoms with E-state index < -0.39 is 0 Å². The molecule has 0 aliphatic heterocycles. The van der Waals surface area contributed by atoms with Crippen molar-refractivity contribution < 1.29 is 0 Å². The van der Waals surface area contributed by atoms with Gasteiger partial charge in [0.2, 0.25) is 0 Å². The minimum absolute atomic E-state index is 0.519. The summed E-state index contributed by atoms with van der Waals surface area (Å²) in [7, 11) is 0. The van der Waals surface area contributed by atoms with Crippen LogP contribution in [-0.2, 0) is 12.8 Å². The third-order valence-electron chi connectivity index (χ3n) is 11.3. The maximum atomic E-state index is 6.62. The van der Waals surface area contributed by atoms with Crippen LogP contribution in [0.4, 0.5) is 5.69 Å². The lowest BCUT2D eigenvalue weighted by molar-refractivity contribution is 1.21. The number of nitrogens with zero attached hydrogens (tertiary/aromatic N) is 3. The first-order valence-electron chi connectivity index (χ1n) is 20.0. The fourth-order valence-electron chi connectivity index (χ4n) is 8.23. The third kappa shape index (κ3) is 7.49. The van der Waals surface area contributed by atoms with Crippen molar-refractivity contribution in [1.82, 2.24) is 0 Å².